The minimum absolute atomic E-state index is 0.00678. The van der Waals surface area contributed by atoms with Gasteiger partial charge in [0.1, 0.15) is 18.1 Å². The molecule has 0 spiro atoms. The Morgan fingerprint density at radius 1 is 1.10 bits per heavy atom. The Bertz CT molecular complexity index is 591. The van der Waals surface area contributed by atoms with Gasteiger partial charge in [-0.15, -0.1) is 0 Å². The molecule has 0 fully saturated rings. The number of oxime groups is 1. The van der Waals surface area contributed by atoms with Crippen molar-refractivity contribution in [2.75, 3.05) is 6.61 Å². The molecule has 0 atom stereocenters. The summed E-state index contributed by atoms with van der Waals surface area (Å²) in [7, 11) is 0. The number of nitrogens with zero attached hydrogens (tertiary/aromatic N) is 1. The molecule has 4 heteroatoms. The molecule has 0 aliphatic carbocycles. The van der Waals surface area contributed by atoms with E-state index in [1.165, 1.54) is 0 Å². The highest BCUT2D eigenvalue weighted by molar-refractivity contribution is 6.02. The summed E-state index contributed by atoms with van der Waals surface area (Å²) < 4.78 is 5.60. The van der Waals surface area contributed by atoms with Crippen molar-refractivity contribution in [2.45, 2.75) is 13.5 Å². The van der Waals surface area contributed by atoms with Gasteiger partial charge in [0.15, 0.2) is 0 Å². The molecule has 2 aromatic rings. The molecule has 0 heterocycles. The maximum absolute atomic E-state index is 9.14. The van der Waals surface area contributed by atoms with E-state index in [1.807, 2.05) is 31.2 Å². The average molecular weight is 271 g/mol. The molecule has 0 unspecified atom stereocenters. The van der Waals surface area contributed by atoms with Crippen molar-refractivity contribution in [1.29, 1.82) is 0 Å². The van der Waals surface area contributed by atoms with Gasteiger partial charge in [0, 0.05) is 5.56 Å². The number of hydrogen-bond acceptors (Lipinski definition) is 4. The van der Waals surface area contributed by atoms with E-state index in [2.05, 4.69) is 5.16 Å². The van der Waals surface area contributed by atoms with Crippen molar-refractivity contribution >= 4 is 5.71 Å². The van der Waals surface area contributed by atoms with Crippen LogP contribution in [0.4, 0.5) is 0 Å². The zero-order chi connectivity index (χ0) is 14.4. The largest absolute Gasteiger partial charge is 0.487 e. The zero-order valence-corrected chi connectivity index (χ0v) is 11.3. The molecule has 20 heavy (non-hydrogen) atoms. The number of rotatable bonds is 5. The minimum atomic E-state index is 0.00678. The quantitative estimate of drug-likeness (QED) is 0.499. The zero-order valence-electron chi connectivity index (χ0n) is 11.3. The Kier molecular flexibility index (Phi) is 4.74. The standard InChI is InChI=1S/C16H17NO3/c1-12-4-2-3-5-15(12)16(17-19)11-20-14-8-6-13(10-18)7-9-14/h2-9,18-19H,10-11H2,1H3. The molecule has 2 rings (SSSR count). The van der Waals surface area contributed by atoms with Crippen molar-refractivity contribution in [3.8, 4) is 5.75 Å². The van der Waals surface area contributed by atoms with E-state index in [1.54, 1.807) is 24.3 Å². The predicted octanol–water partition coefficient (Wildman–Crippen LogP) is 2.74. The van der Waals surface area contributed by atoms with Crippen LogP contribution in [0.5, 0.6) is 5.75 Å². The first kappa shape index (κ1) is 14.1. The van der Waals surface area contributed by atoms with Crippen LogP contribution in [0.2, 0.25) is 0 Å². The molecule has 0 aliphatic heterocycles. The second-order valence-corrected chi connectivity index (χ2v) is 4.45. The molecular weight excluding hydrogens is 254 g/mol. The minimum Gasteiger partial charge on any atom is -0.487 e. The number of ether oxygens (including phenoxy) is 1. The Hall–Kier alpha value is -2.33. The number of aryl methyl sites for hydroxylation is 1. The van der Waals surface area contributed by atoms with Crippen LogP contribution in [0, 0.1) is 6.92 Å². The summed E-state index contributed by atoms with van der Waals surface area (Å²) in [5.41, 5.74) is 3.20. The SMILES string of the molecule is Cc1ccccc1C(COc1ccc(CO)cc1)=NO. The summed E-state index contributed by atoms with van der Waals surface area (Å²) in [5, 5.41) is 21.4. The Morgan fingerprint density at radius 2 is 1.80 bits per heavy atom. The van der Waals surface area contributed by atoms with Crippen LogP contribution < -0.4 is 4.74 Å². The first-order valence-electron chi connectivity index (χ1n) is 6.34. The van der Waals surface area contributed by atoms with Crippen molar-refractivity contribution in [1.82, 2.24) is 0 Å². The second kappa shape index (κ2) is 6.73. The predicted molar refractivity (Wildman–Crippen MR) is 77.4 cm³/mol. The third kappa shape index (κ3) is 3.36. The van der Waals surface area contributed by atoms with Gasteiger partial charge in [-0.1, -0.05) is 41.6 Å². The Balaban J connectivity index is 2.06. The van der Waals surface area contributed by atoms with E-state index < -0.39 is 0 Å². The first-order chi connectivity index (χ1) is 9.74. The first-order valence-corrected chi connectivity index (χ1v) is 6.34. The molecule has 2 N–H and O–H groups in total. The van der Waals surface area contributed by atoms with Crippen LogP contribution in [0.15, 0.2) is 53.7 Å². The van der Waals surface area contributed by atoms with Gasteiger partial charge in [-0.3, -0.25) is 0 Å². The van der Waals surface area contributed by atoms with Crippen molar-refractivity contribution in [3.63, 3.8) is 0 Å². The lowest BCUT2D eigenvalue weighted by molar-refractivity contribution is 0.281. The molecule has 0 bridgehead atoms. The monoisotopic (exact) mass is 271 g/mol. The van der Waals surface area contributed by atoms with Crippen molar-refractivity contribution in [3.05, 3.63) is 65.2 Å². The van der Waals surface area contributed by atoms with E-state index in [0.717, 1.165) is 16.7 Å². The van der Waals surface area contributed by atoms with Crippen LogP contribution in [0.1, 0.15) is 16.7 Å². The number of hydrogen-bond donors (Lipinski definition) is 2. The normalized spacial score (nSPS) is 11.4. The van der Waals surface area contributed by atoms with Crippen LogP contribution in [-0.2, 0) is 6.61 Å². The third-order valence-electron chi connectivity index (χ3n) is 3.06. The van der Waals surface area contributed by atoms with Gasteiger partial charge in [-0.25, -0.2) is 0 Å². The lowest BCUT2D eigenvalue weighted by Crippen LogP contribution is -2.14. The highest BCUT2D eigenvalue weighted by Gasteiger charge is 2.08. The molecule has 4 nitrogen and oxygen atoms in total. The second-order valence-electron chi connectivity index (χ2n) is 4.45. The summed E-state index contributed by atoms with van der Waals surface area (Å²) in [6.07, 6.45) is 0. The van der Waals surface area contributed by atoms with Crippen LogP contribution in [0.3, 0.4) is 0 Å². The topological polar surface area (TPSA) is 62.0 Å². The fourth-order valence-electron chi connectivity index (χ4n) is 1.90. The van der Waals surface area contributed by atoms with Crippen LogP contribution >= 0.6 is 0 Å². The van der Waals surface area contributed by atoms with Gasteiger partial charge in [0.05, 0.1) is 6.61 Å². The van der Waals surface area contributed by atoms with E-state index in [9.17, 15) is 0 Å². The fourth-order valence-corrected chi connectivity index (χ4v) is 1.90. The van der Waals surface area contributed by atoms with Gasteiger partial charge in [-0.05, 0) is 30.2 Å². The molecule has 0 amide bonds. The van der Waals surface area contributed by atoms with Gasteiger partial charge in [0.2, 0.25) is 0 Å². The highest BCUT2D eigenvalue weighted by atomic mass is 16.5. The molecule has 0 aromatic heterocycles. The number of benzene rings is 2. The van der Waals surface area contributed by atoms with Crippen LogP contribution in [0.25, 0.3) is 0 Å². The molecule has 0 saturated heterocycles. The average Bonchev–Trinajstić information content (AvgIpc) is 2.50. The van der Waals surface area contributed by atoms with Gasteiger partial charge in [-0.2, -0.15) is 0 Å². The van der Waals surface area contributed by atoms with Gasteiger partial charge >= 0.3 is 0 Å². The highest BCUT2D eigenvalue weighted by Crippen LogP contribution is 2.14. The Morgan fingerprint density at radius 3 is 2.40 bits per heavy atom. The van der Waals surface area contributed by atoms with Crippen molar-refractivity contribution < 1.29 is 15.1 Å². The number of aliphatic hydroxyl groups excluding tert-OH is 1. The molecule has 0 radical (unpaired) electrons. The molecular formula is C16H17NO3. The third-order valence-corrected chi connectivity index (χ3v) is 3.06. The van der Waals surface area contributed by atoms with Crippen molar-refractivity contribution in [2.24, 2.45) is 5.16 Å². The van der Waals surface area contributed by atoms with E-state index >= 15 is 0 Å². The fraction of sp³-hybridized carbons (Fsp3) is 0.188. The molecule has 0 saturated carbocycles. The lowest BCUT2D eigenvalue weighted by atomic mass is 10.1. The van der Waals surface area contributed by atoms with Gasteiger partial charge in [0.25, 0.3) is 0 Å². The molecule has 2 aromatic carbocycles. The maximum atomic E-state index is 9.14. The van der Waals surface area contributed by atoms with E-state index in [4.69, 9.17) is 15.1 Å². The summed E-state index contributed by atoms with van der Waals surface area (Å²) in [6.45, 7) is 2.14. The Labute approximate surface area is 117 Å². The summed E-state index contributed by atoms with van der Waals surface area (Å²) in [5.74, 6) is 0.664. The van der Waals surface area contributed by atoms with E-state index in [-0.39, 0.29) is 13.2 Å². The lowest BCUT2D eigenvalue weighted by Gasteiger charge is -2.10. The van der Waals surface area contributed by atoms with Gasteiger partial charge < -0.3 is 15.1 Å². The molecule has 104 valence electrons. The molecule has 0 aliphatic rings. The smallest absolute Gasteiger partial charge is 0.134 e. The summed E-state index contributed by atoms with van der Waals surface area (Å²) in [6, 6.07) is 14.8. The number of aliphatic hydroxyl groups is 1. The van der Waals surface area contributed by atoms with E-state index in [0.29, 0.717) is 11.5 Å². The maximum Gasteiger partial charge on any atom is 0.134 e. The summed E-state index contributed by atoms with van der Waals surface area (Å²) in [4.78, 5) is 0. The summed E-state index contributed by atoms with van der Waals surface area (Å²) >= 11 is 0. The van der Waals surface area contributed by atoms with Crippen LogP contribution in [-0.4, -0.2) is 22.6 Å².